The van der Waals surface area contributed by atoms with Gasteiger partial charge in [0, 0.05) is 11.3 Å². The van der Waals surface area contributed by atoms with E-state index in [9.17, 15) is 19.5 Å². The molecular weight excluding hydrogens is 455 g/mol. The van der Waals surface area contributed by atoms with Crippen molar-refractivity contribution in [1.82, 2.24) is 4.90 Å². The Labute approximate surface area is 193 Å². The van der Waals surface area contributed by atoms with Gasteiger partial charge in [-0.2, -0.15) is 0 Å². The molecule has 1 aliphatic rings. The molecule has 0 spiro atoms. The Morgan fingerprint density at radius 2 is 1.59 bits per heavy atom. The lowest BCUT2D eigenvalue weighted by molar-refractivity contribution is 0.0642. The second-order valence-corrected chi connectivity index (χ2v) is 7.86. The van der Waals surface area contributed by atoms with Gasteiger partial charge in [-0.15, -0.1) is 0 Å². The molecule has 2 N–H and O–H groups in total. The second kappa shape index (κ2) is 8.53. The molecular formula is C23H16Cl2N2O5. The fraction of sp³-hybridized carbons (Fsp3) is 0.0870. The number of imide groups is 1. The number of aromatic hydroxyl groups is 1. The van der Waals surface area contributed by atoms with Crippen molar-refractivity contribution in [3.05, 3.63) is 86.9 Å². The Morgan fingerprint density at radius 1 is 0.969 bits per heavy atom. The van der Waals surface area contributed by atoms with Gasteiger partial charge in [-0.25, -0.2) is 0 Å². The SMILES string of the molecule is COc1ccc(CN2C(=O)c3ccc(C(=O)Nc4cc(Cl)c(O)c(Cl)c4)cc3C2=O)cc1. The molecule has 3 amide bonds. The maximum Gasteiger partial charge on any atom is 0.261 e. The van der Waals surface area contributed by atoms with Crippen molar-refractivity contribution in [2.45, 2.75) is 6.54 Å². The number of nitrogens with one attached hydrogen (secondary N) is 1. The molecule has 0 atom stereocenters. The number of hydrogen-bond donors (Lipinski definition) is 2. The van der Waals surface area contributed by atoms with Crippen LogP contribution in [0.3, 0.4) is 0 Å². The molecule has 3 aromatic rings. The number of nitrogens with zero attached hydrogens (tertiary/aromatic N) is 1. The predicted octanol–water partition coefficient (Wildman–Crippen LogP) is 4.76. The molecule has 0 fully saturated rings. The molecule has 0 saturated heterocycles. The lowest BCUT2D eigenvalue weighted by atomic mass is 10.1. The molecule has 162 valence electrons. The van der Waals surface area contributed by atoms with Gasteiger partial charge in [0.25, 0.3) is 17.7 Å². The molecule has 3 aromatic carbocycles. The summed E-state index contributed by atoms with van der Waals surface area (Å²) in [7, 11) is 1.55. The minimum atomic E-state index is -0.528. The predicted molar refractivity (Wildman–Crippen MR) is 120 cm³/mol. The molecule has 7 nitrogen and oxygen atoms in total. The van der Waals surface area contributed by atoms with Gasteiger partial charge in [-0.1, -0.05) is 35.3 Å². The first-order chi connectivity index (χ1) is 15.3. The number of hydrogen-bond acceptors (Lipinski definition) is 5. The fourth-order valence-corrected chi connectivity index (χ4v) is 3.82. The van der Waals surface area contributed by atoms with E-state index in [4.69, 9.17) is 27.9 Å². The molecule has 1 aliphatic heterocycles. The quantitative estimate of drug-likeness (QED) is 0.414. The molecule has 4 rings (SSSR count). The summed E-state index contributed by atoms with van der Waals surface area (Å²) >= 11 is 11.8. The van der Waals surface area contributed by atoms with Crippen LogP contribution in [-0.2, 0) is 6.54 Å². The Morgan fingerprint density at radius 3 is 2.22 bits per heavy atom. The van der Waals surface area contributed by atoms with Gasteiger partial charge in [-0.05, 0) is 48.0 Å². The number of phenols is 1. The van der Waals surface area contributed by atoms with Crippen LogP contribution >= 0.6 is 23.2 Å². The summed E-state index contributed by atoms with van der Waals surface area (Å²) in [6.45, 7) is 0.0996. The van der Waals surface area contributed by atoms with Crippen molar-refractivity contribution in [2.24, 2.45) is 0 Å². The number of methoxy groups -OCH3 is 1. The van der Waals surface area contributed by atoms with Crippen LogP contribution in [0.1, 0.15) is 36.6 Å². The van der Waals surface area contributed by atoms with E-state index in [-0.39, 0.29) is 44.7 Å². The van der Waals surface area contributed by atoms with E-state index in [1.165, 1.54) is 30.3 Å². The van der Waals surface area contributed by atoms with Crippen LogP contribution in [0.2, 0.25) is 10.0 Å². The van der Waals surface area contributed by atoms with E-state index >= 15 is 0 Å². The van der Waals surface area contributed by atoms with Crippen molar-refractivity contribution >= 4 is 46.6 Å². The van der Waals surface area contributed by atoms with E-state index in [1.54, 1.807) is 31.4 Å². The zero-order valence-corrected chi connectivity index (χ0v) is 18.2. The summed E-state index contributed by atoms with van der Waals surface area (Å²) in [5, 5.41) is 12.2. The number of carbonyl (C=O) groups excluding carboxylic acids is 3. The standard InChI is InChI=1S/C23H16Cl2N2O5/c1-32-15-5-2-12(3-6-15)11-27-22(30)16-7-4-13(8-17(16)23(27)31)21(29)26-14-9-18(24)20(28)19(25)10-14/h2-10,28H,11H2,1H3,(H,26,29). The van der Waals surface area contributed by atoms with Crippen LogP contribution in [-0.4, -0.2) is 34.8 Å². The van der Waals surface area contributed by atoms with Crippen LogP contribution in [0, 0.1) is 0 Å². The average molecular weight is 471 g/mol. The summed E-state index contributed by atoms with van der Waals surface area (Å²) in [4.78, 5) is 39.4. The molecule has 0 radical (unpaired) electrons. The van der Waals surface area contributed by atoms with Crippen molar-refractivity contribution in [2.75, 3.05) is 12.4 Å². The Balaban J connectivity index is 1.55. The number of anilines is 1. The minimum absolute atomic E-state index is 0.0169. The Bertz CT molecular complexity index is 1230. The van der Waals surface area contributed by atoms with Gasteiger partial charge in [-0.3, -0.25) is 19.3 Å². The number of carbonyl (C=O) groups is 3. The number of fused-ring (bicyclic) bond motifs is 1. The van der Waals surface area contributed by atoms with Crippen molar-refractivity contribution in [3.63, 3.8) is 0 Å². The maximum atomic E-state index is 12.9. The number of rotatable bonds is 5. The maximum absolute atomic E-state index is 12.9. The van der Waals surface area contributed by atoms with Crippen LogP contribution in [0.5, 0.6) is 11.5 Å². The number of halogens is 2. The van der Waals surface area contributed by atoms with Crippen LogP contribution < -0.4 is 10.1 Å². The van der Waals surface area contributed by atoms with Crippen LogP contribution in [0.15, 0.2) is 54.6 Å². The number of ether oxygens (including phenoxy) is 1. The van der Waals surface area contributed by atoms with Gasteiger partial charge >= 0.3 is 0 Å². The highest BCUT2D eigenvalue weighted by atomic mass is 35.5. The highest BCUT2D eigenvalue weighted by molar-refractivity contribution is 6.37. The molecule has 0 unspecified atom stereocenters. The van der Waals surface area contributed by atoms with Crippen LogP contribution in [0.25, 0.3) is 0 Å². The normalized spacial score (nSPS) is 12.7. The Kier molecular flexibility index (Phi) is 5.78. The third kappa shape index (κ3) is 4.00. The topological polar surface area (TPSA) is 95.9 Å². The lowest BCUT2D eigenvalue weighted by Crippen LogP contribution is -2.29. The summed E-state index contributed by atoms with van der Waals surface area (Å²) in [6, 6.07) is 14.0. The zero-order chi connectivity index (χ0) is 23.0. The third-order valence-corrected chi connectivity index (χ3v) is 5.58. The van der Waals surface area contributed by atoms with Gasteiger partial charge in [0.05, 0.1) is 34.8 Å². The molecule has 9 heteroatoms. The molecule has 0 bridgehead atoms. The zero-order valence-electron chi connectivity index (χ0n) is 16.7. The smallest absolute Gasteiger partial charge is 0.261 e. The number of amides is 3. The van der Waals surface area contributed by atoms with E-state index in [1.807, 2.05) is 0 Å². The fourth-order valence-electron chi connectivity index (χ4n) is 3.33. The summed E-state index contributed by atoms with van der Waals surface area (Å²) in [5.74, 6) is -1.05. The monoisotopic (exact) mass is 470 g/mol. The summed E-state index contributed by atoms with van der Waals surface area (Å²) in [6.07, 6.45) is 0. The number of benzene rings is 3. The Hall–Kier alpha value is -3.55. The van der Waals surface area contributed by atoms with Crippen LogP contribution in [0.4, 0.5) is 5.69 Å². The first kappa shape index (κ1) is 21.7. The average Bonchev–Trinajstić information content (AvgIpc) is 3.02. The first-order valence-corrected chi connectivity index (χ1v) is 10.2. The van der Waals surface area contributed by atoms with Crippen molar-refractivity contribution < 1.29 is 24.2 Å². The molecule has 0 aromatic heterocycles. The van der Waals surface area contributed by atoms with E-state index < -0.39 is 17.7 Å². The summed E-state index contributed by atoms with van der Waals surface area (Å²) in [5.41, 5.74) is 1.59. The van der Waals surface area contributed by atoms with Gasteiger partial charge in [0.1, 0.15) is 5.75 Å². The van der Waals surface area contributed by atoms with Gasteiger partial charge < -0.3 is 15.2 Å². The third-order valence-electron chi connectivity index (χ3n) is 5.01. The molecule has 0 saturated carbocycles. The largest absolute Gasteiger partial charge is 0.505 e. The molecule has 0 aliphatic carbocycles. The van der Waals surface area contributed by atoms with Gasteiger partial charge in [0.2, 0.25) is 0 Å². The van der Waals surface area contributed by atoms with E-state index in [2.05, 4.69) is 5.32 Å². The first-order valence-electron chi connectivity index (χ1n) is 9.41. The van der Waals surface area contributed by atoms with E-state index in [0.29, 0.717) is 5.75 Å². The van der Waals surface area contributed by atoms with E-state index in [0.717, 1.165) is 10.5 Å². The second-order valence-electron chi connectivity index (χ2n) is 7.05. The van der Waals surface area contributed by atoms with Gasteiger partial charge in [0.15, 0.2) is 5.75 Å². The highest BCUT2D eigenvalue weighted by Crippen LogP contribution is 2.35. The molecule has 32 heavy (non-hydrogen) atoms. The summed E-state index contributed by atoms with van der Waals surface area (Å²) < 4.78 is 5.12. The van der Waals surface area contributed by atoms with Crippen molar-refractivity contribution in [3.8, 4) is 11.5 Å². The number of phenolic OH excluding ortho intramolecular Hbond substituents is 1. The minimum Gasteiger partial charge on any atom is -0.505 e. The highest BCUT2D eigenvalue weighted by Gasteiger charge is 2.36. The lowest BCUT2D eigenvalue weighted by Gasteiger charge is -2.14. The molecule has 1 heterocycles. The van der Waals surface area contributed by atoms with Crippen molar-refractivity contribution in [1.29, 1.82) is 0 Å².